The van der Waals surface area contributed by atoms with Crippen LogP contribution in [-0.2, 0) is 11.3 Å². The molecule has 194 valence electrons. The first kappa shape index (κ1) is 25.8. The second kappa shape index (κ2) is 11.7. The summed E-state index contributed by atoms with van der Waals surface area (Å²) in [4.78, 5) is 32.4. The number of amides is 2. The number of rotatable bonds is 5. The Balaban J connectivity index is 1.59. The van der Waals surface area contributed by atoms with E-state index in [0.717, 1.165) is 22.3 Å². The predicted octanol–water partition coefficient (Wildman–Crippen LogP) is 7.54. The average molecular weight is 519 g/mol. The second-order valence-electron chi connectivity index (χ2n) is 9.34. The number of nitrogens with zero attached hydrogens (tertiary/aromatic N) is 2. The summed E-state index contributed by atoms with van der Waals surface area (Å²) in [5, 5.41) is 0. The van der Waals surface area contributed by atoms with Crippen LogP contribution in [0, 0.1) is 12.7 Å². The van der Waals surface area contributed by atoms with E-state index in [0.29, 0.717) is 5.70 Å². The molecule has 1 aliphatic rings. The first-order valence-corrected chi connectivity index (χ1v) is 12.7. The standard InChI is InChI=1S/C33H27FN2O3/c1-23-16-18-26(19-17-23)28-21-31(35-32(37)27-14-8-9-15-29(27)34)36(30(28)20-24-10-4-2-5-11-24)33(38)39-22-25-12-6-3-7-13-25/h2-20,28H,21-22H2,1H3/b30-20-,35-31-. The molecule has 1 aliphatic heterocycles. The maximum atomic E-state index is 14.4. The van der Waals surface area contributed by atoms with E-state index in [9.17, 15) is 14.0 Å². The number of carbonyl (C=O) groups is 2. The van der Waals surface area contributed by atoms with Crippen molar-refractivity contribution in [1.82, 2.24) is 4.90 Å². The highest BCUT2D eigenvalue weighted by Gasteiger charge is 2.40. The molecule has 0 spiro atoms. The number of carbonyl (C=O) groups excluding carboxylic acids is 2. The van der Waals surface area contributed by atoms with Gasteiger partial charge in [0.25, 0.3) is 5.91 Å². The Morgan fingerprint density at radius 2 is 1.54 bits per heavy atom. The fourth-order valence-electron chi connectivity index (χ4n) is 4.56. The average Bonchev–Trinajstić information content (AvgIpc) is 3.30. The largest absolute Gasteiger partial charge is 0.444 e. The molecule has 1 saturated heterocycles. The van der Waals surface area contributed by atoms with Gasteiger partial charge in [0.15, 0.2) is 0 Å². The molecule has 0 saturated carbocycles. The van der Waals surface area contributed by atoms with E-state index in [-0.39, 0.29) is 30.3 Å². The molecule has 0 bridgehead atoms. The van der Waals surface area contributed by atoms with Crippen molar-refractivity contribution in [3.63, 3.8) is 0 Å². The van der Waals surface area contributed by atoms with Crippen molar-refractivity contribution in [3.05, 3.63) is 149 Å². The van der Waals surface area contributed by atoms with Crippen molar-refractivity contribution in [2.75, 3.05) is 0 Å². The summed E-state index contributed by atoms with van der Waals surface area (Å²) < 4.78 is 20.1. The first-order chi connectivity index (χ1) is 19.0. The molecule has 0 N–H and O–H groups in total. The van der Waals surface area contributed by atoms with Crippen molar-refractivity contribution < 1.29 is 18.7 Å². The van der Waals surface area contributed by atoms with Gasteiger partial charge in [-0.1, -0.05) is 103 Å². The Labute approximate surface area is 226 Å². The molecule has 39 heavy (non-hydrogen) atoms. The Hall–Kier alpha value is -4.84. The van der Waals surface area contributed by atoms with Crippen LogP contribution in [0.2, 0.25) is 0 Å². The number of hydrogen-bond acceptors (Lipinski definition) is 3. The fourth-order valence-corrected chi connectivity index (χ4v) is 4.56. The molecule has 2 amide bonds. The van der Waals surface area contributed by atoms with Crippen LogP contribution in [0.15, 0.2) is 120 Å². The van der Waals surface area contributed by atoms with Crippen LogP contribution in [0.1, 0.15) is 45.0 Å². The van der Waals surface area contributed by atoms with Crippen LogP contribution < -0.4 is 0 Å². The number of aryl methyl sites for hydroxylation is 1. The highest BCUT2D eigenvalue weighted by Crippen LogP contribution is 2.40. The molecule has 5 nitrogen and oxygen atoms in total. The summed E-state index contributed by atoms with van der Waals surface area (Å²) in [6.07, 6.45) is 1.52. The number of likely N-dealkylation sites (tertiary alicyclic amines) is 1. The van der Waals surface area contributed by atoms with Crippen molar-refractivity contribution in [2.45, 2.75) is 25.9 Å². The number of halogens is 1. The summed E-state index contributed by atoms with van der Waals surface area (Å²) in [7, 11) is 0. The smallest absolute Gasteiger partial charge is 0.420 e. The molecule has 1 atom stereocenters. The van der Waals surface area contributed by atoms with Crippen molar-refractivity contribution in [1.29, 1.82) is 0 Å². The van der Waals surface area contributed by atoms with Gasteiger partial charge in [0.2, 0.25) is 0 Å². The van der Waals surface area contributed by atoms with Crippen LogP contribution >= 0.6 is 0 Å². The van der Waals surface area contributed by atoms with Crippen LogP contribution in [0.5, 0.6) is 0 Å². The third-order valence-electron chi connectivity index (χ3n) is 6.58. The second-order valence-corrected chi connectivity index (χ2v) is 9.34. The van der Waals surface area contributed by atoms with Gasteiger partial charge in [-0.05, 0) is 41.8 Å². The molecular formula is C33H27FN2O3. The van der Waals surface area contributed by atoms with Gasteiger partial charge in [-0.25, -0.2) is 14.1 Å². The molecule has 1 heterocycles. The van der Waals surface area contributed by atoms with Gasteiger partial charge in [-0.15, -0.1) is 0 Å². The van der Waals surface area contributed by atoms with E-state index in [1.165, 1.54) is 23.1 Å². The third-order valence-corrected chi connectivity index (χ3v) is 6.58. The van der Waals surface area contributed by atoms with E-state index in [4.69, 9.17) is 4.74 Å². The van der Waals surface area contributed by atoms with Crippen LogP contribution in [-0.4, -0.2) is 22.7 Å². The van der Waals surface area contributed by atoms with Crippen LogP contribution in [0.3, 0.4) is 0 Å². The Kier molecular flexibility index (Phi) is 7.73. The number of aliphatic imine (C=N–C) groups is 1. The Morgan fingerprint density at radius 1 is 0.897 bits per heavy atom. The predicted molar refractivity (Wildman–Crippen MR) is 150 cm³/mol. The summed E-state index contributed by atoms with van der Waals surface area (Å²) >= 11 is 0. The van der Waals surface area contributed by atoms with Gasteiger partial charge in [0.05, 0.1) is 5.56 Å². The molecule has 1 fully saturated rings. The minimum atomic E-state index is -0.757. The quantitative estimate of drug-likeness (QED) is 0.274. The fraction of sp³-hybridized carbons (Fsp3) is 0.121. The van der Waals surface area contributed by atoms with E-state index in [2.05, 4.69) is 4.99 Å². The SMILES string of the molecule is Cc1ccc(C2C/C(=N/C(=O)c3ccccc3F)N(C(=O)OCc3ccccc3)/C2=C\c2ccccc2)cc1. The number of benzene rings is 4. The van der Waals surface area contributed by atoms with E-state index < -0.39 is 17.8 Å². The molecule has 0 aromatic heterocycles. The Morgan fingerprint density at radius 3 is 2.23 bits per heavy atom. The molecule has 1 unspecified atom stereocenters. The minimum Gasteiger partial charge on any atom is -0.444 e. The van der Waals surface area contributed by atoms with Crippen LogP contribution in [0.4, 0.5) is 9.18 Å². The minimum absolute atomic E-state index is 0.0541. The number of hydrogen-bond donors (Lipinski definition) is 0. The molecule has 4 aromatic rings. The first-order valence-electron chi connectivity index (χ1n) is 12.7. The molecule has 6 heteroatoms. The highest BCUT2D eigenvalue weighted by atomic mass is 19.1. The van der Waals surface area contributed by atoms with Gasteiger partial charge in [-0.3, -0.25) is 4.79 Å². The summed E-state index contributed by atoms with van der Waals surface area (Å²) in [6.45, 7) is 2.06. The zero-order valence-corrected chi connectivity index (χ0v) is 21.5. The maximum absolute atomic E-state index is 14.4. The third kappa shape index (κ3) is 6.02. The highest BCUT2D eigenvalue weighted by molar-refractivity contribution is 6.10. The van der Waals surface area contributed by atoms with E-state index >= 15 is 0 Å². The molecular weight excluding hydrogens is 491 g/mol. The van der Waals surface area contributed by atoms with Crippen molar-refractivity contribution in [2.24, 2.45) is 4.99 Å². The van der Waals surface area contributed by atoms with Gasteiger partial charge >= 0.3 is 6.09 Å². The van der Waals surface area contributed by atoms with E-state index in [1.54, 1.807) is 6.07 Å². The molecule has 0 aliphatic carbocycles. The monoisotopic (exact) mass is 518 g/mol. The van der Waals surface area contributed by atoms with Crippen LogP contribution in [0.25, 0.3) is 6.08 Å². The molecule has 0 radical (unpaired) electrons. The lowest BCUT2D eigenvalue weighted by molar-refractivity contribution is 0.0997. The zero-order chi connectivity index (χ0) is 27.2. The lowest BCUT2D eigenvalue weighted by Gasteiger charge is -2.21. The Bertz CT molecular complexity index is 1530. The van der Waals surface area contributed by atoms with Crippen molar-refractivity contribution in [3.8, 4) is 0 Å². The van der Waals surface area contributed by atoms with Gasteiger partial charge in [0.1, 0.15) is 18.3 Å². The van der Waals surface area contributed by atoms with Gasteiger partial charge < -0.3 is 4.74 Å². The summed E-state index contributed by atoms with van der Waals surface area (Å²) in [5.41, 5.74) is 4.25. The topological polar surface area (TPSA) is 59.0 Å². The van der Waals surface area contributed by atoms with E-state index in [1.807, 2.05) is 97.9 Å². The summed E-state index contributed by atoms with van der Waals surface area (Å²) in [6, 6.07) is 32.7. The lowest BCUT2D eigenvalue weighted by Crippen LogP contribution is -2.32. The normalized spacial score (nSPS) is 17.0. The van der Waals surface area contributed by atoms with Gasteiger partial charge in [-0.2, -0.15) is 4.99 Å². The summed E-state index contributed by atoms with van der Waals surface area (Å²) in [5.74, 6) is -1.50. The lowest BCUT2D eigenvalue weighted by atomic mass is 9.93. The maximum Gasteiger partial charge on any atom is 0.420 e. The van der Waals surface area contributed by atoms with Crippen molar-refractivity contribution >= 4 is 23.9 Å². The zero-order valence-electron chi connectivity index (χ0n) is 21.5. The number of allylic oxidation sites excluding steroid dienone is 1. The molecule has 5 rings (SSSR count). The number of amidine groups is 1. The molecule has 4 aromatic carbocycles. The number of ether oxygens (including phenoxy) is 1. The van der Waals surface area contributed by atoms with Gasteiger partial charge in [0, 0.05) is 18.0 Å².